The summed E-state index contributed by atoms with van der Waals surface area (Å²) in [6, 6.07) is -7.36. The Bertz CT molecular complexity index is 2860. The van der Waals surface area contributed by atoms with E-state index in [0.29, 0.717) is 38.2 Å². The number of hydrogen-bond donors (Lipinski definition) is 19. The number of methoxy groups -OCH3 is 1. The van der Waals surface area contributed by atoms with Crippen molar-refractivity contribution in [3.8, 4) is 0 Å². The molecule has 0 aromatic carbocycles. The number of aliphatic hydroxyl groups is 1. The molecule has 0 saturated heterocycles. The average Bonchev–Trinajstić information content (AvgIpc) is 0.865. The molecule has 0 aromatic rings. The molecule has 27 N–H and O–H groups in total. The van der Waals surface area contributed by atoms with Crippen LogP contribution in [0.15, 0.2) is 0 Å². The number of rotatable bonds is 38. The summed E-state index contributed by atoms with van der Waals surface area (Å²) in [6.07, 6.45) is -7.12. The minimum absolute atomic E-state index is 0. The van der Waals surface area contributed by atoms with E-state index in [2.05, 4.69) is 31.9 Å². The summed E-state index contributed by atoms with van der Waals surface area (Å²) in [5.74, 6) is -6.60. The molecule has 118 heavy (non-hydrogen) atoms. The molecule has 0 rings (SSSR count). The fourth-order valence-electron chi connectivity index (χ4n) is 6.93. The molecule has 0 radical (unpaired) electrons. The third-order valence-electron chi connectivity index (χ3n) is 11.4. The molecule has 644 valence electrons. The number of aliphatic hydroxyl groups excluding tert-OH is 1. The predicted molar refractivity (Wildman–Crippen MR) is 375 cm³/mol. The summed E-state index contributed by atoms with van der Waals surface area (Å²) in [5, 5.41) is 94.0. The molecule has 0 spiro atoms. The van der Waals surface area contributed by atoms with Gasteiger partial charge in [0.2, 0.25) is 47.3 Å². The van der Waals surface area contributed by atoms with Crippen LogP contribution in [0.4, 0.5) is 33.6 Å². The van der Waals surface area contributed by atoms with E-state index in [-0.39, 0.29) is 479 Å². The molecule has 0 bridgehead atoms. The Morgan fingerprint density at radius 3 is 0.822 bits per heavy atom. The van der Waals surface area contributed by atoms with E-state index < -0.39 is 172 Å². The van der Waals surface area contributed by atoms with Crippen molar-refractivity contribution in [3.63, 3.8) is 0 Å². The van der Waals surface area contributed by atoms with Gasteiger partial charge in [-0.25, -0.2) is 9.59 Å². The number of carbonyl (C=O) groups excluding carboxylic acids is 16. The number of carboxylic acid groups (broad SMARTS) is 7. The van der Waals surface area contributed by atoms with E-state index in [1.54, 1.807) is 67.4 Å². The second-order valence-corrected chi connectivity index (χ2v) is 30.4. The van der Waals surface area contributed by atoms with Gasteiger partial charge in [-0.05, 0) is 94.1 Å². The smallest absolute Gasteiger partial charge is 0.799 e. The van der Waals surface area contributed by atoms with Crippen molar-refractivity contribution in [1.82, 2.24) is 47.4 Å². The molecule has 0 aliphatic heterocycles. The SMILES string of the molecule is CC(C)COC(=O)N[C@@H](CC(C)C)C(N)=O.CC(C)C[C@@H](NC(=O)[O-])C(N)=O.CC(C)C[C@H](NC(=O)[O-])C(=O)[O-].CC(C)C[C@H](NP(=O)([O-])[O-])C(N)=O.CC(C)C[C@H](NP(C)(C)=O)C(N)=O.COC(=O)N[C@@H](CC(C)C)C(N)=O.NC(=O)CNC(=O)[O-].NC(=O)[C@H](CCC(=O)O)NC(=O)[O-].NC(=O)[C@H](CO)NC(=O)[O-].[K+].[K+].[K+].[K+].[K+].[K+].[K+].[K+]. The number of amides is 15. The topological polar surface area (TPSA) is 884 Å². The maximum atomic E-state index is 11.4. The Morgan fingerprint density at radius 2 is 0.619 bits per heavy atom. The van der Waals surface area contributed by atoms with E-state index in [0.717, 1.165) is 0 Å². The number of ether oxygens (including phenoxy) is 2. The fraction of sp³-hybridized carbons (Fsp3) is 0.717. The molecular weight excluding hydrogens is 1830 g/mol. The fourth-order valence-corrected chi connectivity index (χ4v) is 8.53. The second-order valence-electron chi connectivity index (χ2n) is 26.2. The van der Waals surface area contributed by atoms with Crippen molar-refractivity contribution in [2.45, 2.75) is 197 Å². The minimum atomic E-state index is -4.88. The first kappa shape index (κ1) is 161. The van der Waals surface area contributed by atoms with Crippen LogP contribution in [0, 0.1) is 41.4 Å². The Kier molecular flexibility index (Phi) is 131. The Hall–Kier alpha value is 2.94. The van der Waals surface area contributed by atoms with Gasteiger partial charge in [0.15, 0.2) is 0 Å². The zero-order valence-corrected chi connectivity index (χ0v) is 99.5. The van der Waals surface area contributed by atoms with Crippen LogP contribution in [0.25, 0.3) is 0 Å². The van der Waals surface area contributed by atoms with E-state index in [1.807, 2.05) is 74.6 Å². The molecular formula is C60H115K8N17O31P2. The second kappa shape index (κ2) is 96.0. The van der Waals surface area contributed by atoms with Gasteiger partial charge in [0.25, 0.3) is 0 Å². The third-order valence-corrected chi connectivity index (χ3v) is 13.0. The van der Waals surface area contributed by atoms with Gasteiger partial charge in [-0.2, -0.15) is 0 Å². The number of carbonyl (C=O) groups is 17. The van der Waals surface area contributed by atoms with Gasteiger partial charge in [0.05, 0.1) is 51.0 Å². The number of hydrogen-bond acceptors (Lipinski definition) is 30. The number of nitrogens with one attached hydrogen (secondary N) is 9. The van der Waals surface area contributed by atoms with Gasteiger partial charge in [-0.15, -0.1) is 0 Å². The van der Waals surface area contributed by atoms with Crippen molar-refractivity contribution < 1.29 is 562 Å². The van der Waals surface area contributed by atoms with Crippen LogP contribution in [-0.2, 0) is 66.5 Å². The Morgan fingerprint density at radius 1 is 0.364 bits per heavy atom. The molecule has 8 atom stereocenters. The molecule has 0 fully saturated rings. The van der Waals surface area contributed by atoms with E-state index in [1.165, 1.54) is 7.11 Å². The molecule has 48 nitrogen and oxygen atoms in total. The van der Waals surface area contributed by atoms with Crippen molar-refractivity contribution in [1.29, 1.82) is 0 Å². The molecule has 0 aliphatic rings. The summed E-state index contributed by atoms with van der Waals surface area (Å²) in [4.78, 5) is 197. The molecule has 0 aliphatic carbocycles. The van der Waals surface area contributed by atoms with Crippen molar-refractivity contribution in [2.24, 2.45) is 87.3 Å². The van der Waals surface area contributed by atoms with Gasteiger partial charge >= 0.3 is 429 Å². The summed E-state index contributed by atoms with van der Waals surface area (Å²) in [6.45, 7) is 29.0. The third kappa shape index (κ3) is 132. The van der Waals surface area contributed by atoms with E-state index in [4.69, 9.17) is 49.4 Å². The van der Waals surface area contributed by atoms with E-state index in [9.17, 15) is 131 Å². The van der Waals surface area contributed by atoms with Gasteiger partial charge in [-0.3, -0.25) is 53.3 Å². The maximum Gasteiger partial charge on any atom is 1.00 e. The molecule has 58 heteroatoms. The van der Waals surface area contributed by atoms with Crippen LogP contribution in [0.3, 0.4) is 0 Å². The predicted octanol–water partition coefficient (Wildman–Crippen LogP) is -34.4. The summed E-state index contributed by atoms with van der Waals surface area (Å²) in [5.41, 5.74) is 39.2. The summed E-state index contributed by atoms with van der Waals surface area (Å²) >= 11 is 0. The quantitative estimate of drug-likeness (QED) is 0.0202. The number of alkyl carbamates (subject to hydrolysis) is 2. The molecule has 0 aromatic heterocycles. The van der Waals surface area contributed by atoms with Crippen LogP contribution in [0.1, 0.15) is 148 Å². The molecule has 0 unspecified atom stereocenters. The van der Waals surface area contributed by atoms with Gasteiger partial charge < -0.3 is 181 Å². The number of carboxylic acids is 2. The first-order valence-electron chi connectivity index (χ1n) is 32.9. The van der Waals surface area contributed by atoms with E-state index >= 15 is 0 Å². The summed E-state index contributed by atoms with van der Waals surface area (Å²) in [7, 11) is -6.03. The van der Waals surface area contributed by atoms with Crippen molar-refractivity contribution >= 4 is 117 Å². The minimum Gasteiger partial charge on any atom is -0.799 e. The Balaban J connectivity index is -0.0000000646. The van der Waals surface area contributed by atoms with Crippen LogP contribution in [-0.4, -0.2) is 201 Å². The van der Waals surface area contributed by atoms with Crippen molar-refractivity contribution in [2.75, 3.05) is 40.2 Å². The number of aliphatic carboxylic acids is 2. The van der Waals surface area contributed by atoms with Crippen LogP contribution >= 0.6 is 15.0 Å². The summed E-state index contributed by atoms with van der Waals surface area (Å²) < 4.78 is 30.9. The first-order valence-corrected chi connectivity index (χ1v) is 37.0. The standard InChI is InChI=1S/C11H22N2O3.C8H16N2O3.C8H19N2O2P.C7H14N2O3.C7H13NO4.C6H10N2O5.C6H15N2O4P.C4H8N2O4.C3H6N2O3.8K/c1-7(2)5-9(10(12)14)13-11(15)16-6-8(3)4;1-5(2)4-6(7(9)11)10-8(12)13-3;1-6(2)5-7(8(9)11)10-13(3,4)12;1-4(2)3-5(6(8)10)9-7(11)12;1-4(2)3-5(6(9)10)8-7(11)12;7-5(11)3(8-6(12)13)1-2-4(9)10;1-4(2)3-5(6(7)9)8-13(10,11)12;5-3(8)2(1-7)6-4(9)10;4-2(6)1-5-3(7)8;;;;;;;;/h7-9H,5-6H2,1-4H3,(H2,12,14)(H,13,15);5-6H,4H2,1-3H3,(H2,9,11)(H,10,12);6-7H,5H2,1-4H3,(H2,9,11)(H,10,12);4-5,9H,3H2,1-2H3,(H2,8,10)(H,11,12);4-5,8H,3H2,1-2H3,(H,9,10)(H,11,12);3,8H,1-2H2,(H2,7,11)(H,9,10)(H,12,13);4-5H,3H2,1-2H3,(H2,7,9)(H3,8,10,11,12);2,6-7H,1H2,(H2,5,8)(H,9,10);5H,1H2,(H2,4,6)(H,7,8);;;;;;;;/q;;;;;;;;;8*+1/p-8/t9-;6-;7-;2*5-;3-;5-;2-;;;;;;;;;/m00010000........./s1. The number of primary amides is 8. The number of nitrogens with two attached hydrogens (primary N) is 8. The van der Waals surface area contributed by atoms with Crippen LogP contribution in [0.5, 0.6) is 0 Å². The normalized spacial score (nSPS) is 11.7. The maximum absolute atomic E-state index is 11.4. The zero-order valence-electron chi connectivity index (χ0n) is 72.7. The largest absolute Gasteiger partial charge is 1.00 e. The van der Waals surface area contributed by atoms with Gasteiger partial charge in [-0.1, -0.05) is 96.9 Å². The van der Waals surface area contributed by atoms with Gasteiger partial charge in [0, 0.05) is 19.8 Å². The Labute approximate surface area is 1030 Å². The van der Waals surface area contributed by atoms with Crippen molar-refractivity contribution in [3.05, 3.63) is 0 Å². The molecule has 0 heterocycles. The monoisotopic (exact) mass is 1940 g/mol. The van der Waals surface area contributed by atoms with Crippen LogP contribution < -0.4 is 545 Å². The average molecular weight is 1950 g/mol. The van der Waals surface area contributed by atoms with Gasteiger partial charge in [0.1, 0.15) is 68.0 Å². The van der Waals surface area contributed by atoms with Crippen LogP contribution in [0.2, 0.25) is 0 Å². The molecule has 0 saturated carbocycles. The first-order chi connectivity index (χ1) is 49.7. The molecule has 15 amide bonds. The zero-order chi connectivity index (χ0) is 89.0.